The van der Waals surface area contributed by atoms with Gasteiger partial charge in [-0.15, -0.1) is 0 Å². The first-order valence-electron chi connectivity index (χ1n) is 4.71. The van der Waals surface area contributed by atoms with E-state index in [1.807, 2.05) is 0 Å². The van der Waals surface area contributed by atoms with Crippen LogP contribution in [0.4, 0.5) is 0 Å². The molecule has 0 radical (unpaired) electrons. The van der Waals surface area contributed by atoms with E-state index in [4.69, 9.17) is 5.73 Å². The lowest BCUT2D eigenvalue weighted by Gasteiger charge is -2.24. The molecule has 0 bridgehead atoms. The van der Waals surface area contributed by atoms with Crippen LogP contribution >= 0.6 is 0 Å². The topological polar surface area (TPSA) is 72.6 Å². The fourth-order valence-corrected chi connectivity index (χ4v) is 1.67. The molecule has 5 nitrogen and oxygen atoms in total. The van der Waals surface area contributed by atoms with Crippen molar-refractivity contribution in [2.45, 2.75) is 31.8 Å². The Morgan fingerprint density at radius 3 is 2.71 bits per heavy atom. The number of carbonyl (C=O) groups is 2. The van der Waals surface area contributed by atoms with Gasteiger partial charge in [0.1, 0.15) is 6.04 Å². The normalized spacial score (nSPS) is 23.4. The number of hydrogen-bond donors (Lipinski definition) is 1. The van der Waals surface area contributed by atoms with Crippen LogP contribution in [0.2, 0.25) is 0 Å². The number of methoxy groups -OCH3 is 1. The molecule has 1 aliphatic rings. The van der Waals surface area contributed by atoms with E-state index in [9.17, 15) is 9.59 Å². The van der Waals surface area contributed by atoms with Gasteiger partial charge in [-0.1, -0.05) is 0 Å². The molecule has 2 N–H and O–H groups in total. The van der Waals surface area contributed by atoms with Crippen LogP contribution in [-0.4, -0.2) is 42.5 Å². The van der Waals surface area contributed by atoms with Gasteiger partial charge in [0.05, 0.1) is 13.2 Å². The first-order chi connectivity index (χ1) is 6.57. The Hall–Kier alpha value is -1.10. The molecule has 0 aromatic carbocycles. The third kappa shape index (κ3) is 2.04. The monoisotopic (exact) mass is 200 g/mol. The van der Waals surface area contributed by atoms with Gasteiger partial charge in [-0.2, -0.15) is 0 Å². The molecule has 0 aliphatic carbocycles. The van der Waals surface area contributed by atoms with E-state index in [0.29, 0.717) is 13.0 Å². The van der Waals surface area contributed by atoms with Crippen molar-refractivity contribution in [1.29, 1.82) is 0 Å². The molecule has 2 atom stereocenters. The van der Waals surface area contributed by atoms with Crippen LogP contribution in [0.5, 0.6) is 0 Å². The predicted molar refractivity (Wildman–Crippen MR) is 50.4 cm³/mol. The largest absolute Gasteiger partial charge is 0.467 e. The summed E-state index contributed by atoms with van der Waals surface area (Å²) in [7, 11) is 1.33. The SMILES string of the molecule is COC(=O)[C@@H]1CCCN1C(=O)[C@@H](C)N. The van der Waals surface area contributed by atoms with E-state index in [0.717, 1.165) is 6.42 Å². The summed E-state index contributed by atoms with van der Waals surface area (Å²) < 4.78 is 4.62. The lowest BCUT2D eigenvalue weighted by atomic mass is 10.2. The Morgan fingerprint density at radius 1 is 1.57 bits per heavy atom. The maximum atomic E-state index is 11.6. The lowest BCUT2D eigenvalue weighted by Crippen LogP contribution is -2.47. The van der Waals surface area contributed by atoms with Crippen molar-refractivity contribution >= 4 is 11.9 Å². The fraction of sp³-hybridized carbons (Fsp3) is 0.778. The Kier molecular flexibility index (Phi) is 3.46. The number of likely N-dealkylation sites (tertiary alicyclic amines) is 1. The number of amides is 1. The standard InChI is InChI=1S/C9H16N2O3/c1-6(10)8(12)11-5-3-4-7(11)9(13)14-2/h6-7H,3-5,10H2,1-2H3/t6-,7+/m1/s1. The molecular formula is C9H16N2O3. The van der Waals surface area contributed by atoms with Gasteiger partial charge in [0.2, 0.25) is 5.91 Å². The molecule has 0 spiro atoms. The average Bonchev–Trinajstić information content (AvgIpc) is 2.63. The number of carbonyl (C=O) groups excluding carboxylic acids is 2. The van der Waals surface area contributed by atoms with Crippen LogP contribution in [0.1, 0.15) is 19.8 Å². The molecule has 1 aliphatic heterocycles. The number of ether oxygens (including phenoxy) is 1. The number of rotatable bonds is 2. The van der Waals surface area contributed by atoms with Gasteiger partial charge < -0.3 is 15.4 Å². The van der Waals surface area contributed by atoms with Crippen LogP contribution in [0.15, 0.2) is 0 Å². The zero-order valence-electron chi connectivity index (χ0n) is 8.53. The van der Waals surface area contributed by atoms with Gasteiger partial charge in [-0.3, -0.25) is 4.79 Å². The van der Waals surface area contributed by atoms with Crippen molar-refractivity contribution < 1.29 is 14.3 Å². The number of nitrogens with zero attached hydrogens (tertiary/aromatic N) is 1. The maximum Gasteiger partial charge on any atom is 0.328 e. The maximum absolute atomic E-state index is 11.6. The van der Waals surface area contributed by atoms with Crippen LogP contribution < -0.4 is 5.73 Å². The summed E-state index contributed by atoms with van der Waals surface area (Å²) in [6.45, 7) is 2.22. The van der Waals surface area contributed by atoms with Crippen LogP contribution in [-0.2, 0) is 14.3 Å². The minimum atomic E-state index is -0.555. The summed E-state index contributed by atoms with van der Waals surface area (Å²) in [5.74, 6) is -0.533. The average molecular weight is 200 g/mol. The third-order valence-corrected chi connectivity index (χ3v) is 2.40. The second-order valence-electron chi connectivity index (χ2n) is 3.50. The zero-order chi connectivity index (χ0) is 10.7. The van der Waals surface area contributed by atoms with E-state index in [1.165, 1.54) is 12.0 Å². The van der Waals surface area contributed by atoms with Crippen molar-refractivity contribution in [1.82, 2.24) is 4.90 Å². The minimum Gasteiger partial charge on any atom is -0.467 e. The van der Waals surface area contributed by atoms with E-state index in [2.05, 4.69) is 4.74 Å². The van der Waals surface area contributed by atoms with Crippen molar-refractivity contribution in [3.8, 4) is 0 Å². The van der Waals surface area contributed by atoms with Crippen molar-refractivity contribution in [2.24, 2.45) is 5.73 Å². The molecule has 5 heteroatoms. The van der Waals surface area contributed by atoms with Crippen LogP contribution in [0.3, 0.4) is 0 Å². The Labute approximate surface area is 83.2 Å². The summed E-state index contributed by atoms with van der Waals surface area (Å²) in [4.78, 5) is 24.4. The lowest BCUT2D eigenvalue weighted by molar-refractivity contribution is -0.151. The molecule has 80 valence electrons. The second-order valence-corrected chi connectivity index (χ2v) is 3.50. The Bertz CT molecular complexity index is 240. The van der Waals surface area contributed by atoms with Gasteiger partial charge in [0, 0.05) is 6.54 Å². The van der Waals surface area contributed by atoms with Crippen molar-refractivity contribution in [3.05, 3.63) is 0 Å². The van der Waals surface area contributed by atoms with Gasteiger partial charge in [-0.25, -0.2) is 4.79 Å². The predicted octanol–water partition coefficient (Wildman–Crippen LogP) is -0.502. The van der Waals surface area contributed by atoms with Crippen molar-refractivity contribution in [3.63, 3.8) is 0 Å². The van der Waals surface area contributed by atoms with Gasteiger partial charge in [-0.05, 0) is 19.8 Å². The van der Waals surface area contributed by atoms with Gasteiger partial charge in [0.15, 0.2) is 0 Å². The second kappa shape index (κ2) is 4.41. The van der Waals surface area contributed by atoms with Crippen LogP contribution in [0.25, 0.3) is 0 Å². The minimum absolute atomic E-state index is 0.182. The van der Waals surface area contributed by atoms with Gasteiger partial charge >= 0.3 is 5.97 Å². The molecule has 1 saturated heterocycles. The molecule has 14 heavy (non-hydrogen) atoms. The molecule has 0 saturated carbocycles. The summed E-state index contributed by atoms with van der Waals surface area (Å²) >= 11 is 0. The summed E-state index contributed by atoms with van der Waals surface area (Å²) in [6, 6.07) is -0.987. The van der Waals surface area contributed by atoms with E-state index in [-0.39, 0.29) is 11.9 Å². The molecule has 0 unspecified atom stereocenters. The molecule has 1 rings (SSSR count). The molecular weight excluding hydrogens is 184 g/mol. The first-order valence-corrected chi connectivity index (χ1v) is 4.71. The van der Waals surface area contributed by atoms with Crippen molar-refractivity contribution in [2.75, 3.05) is 13.7 Å². The summed E-state index contributed by atoms with van der Waals surface area (Å²) in [5, 5.41) is 0. The first kappa shape index (κ1) is 11.0. The highest BCUT2D eigenvalue weighted by molar-refractivity contribution is 5.87. The van der Waals surface area contributed by atoms with Crippen LogP contribution in [0, 0.1) is 0 Å². The molecule has 0 aromatic rings. The Balaban J connectivity index is 2.68. The number of esters is 1. The van der Waals surface area contributed by atoms with E-state index < -0.39 is 12.1 Å². The van der Waals surface area contributed by atoms with E-state index in [1.54, 1.807) is 6.92 Å². The highest BCUT2D eigenvalue weighted by Gasteiger charge is 2.35. The van der Waals surface area contributed by atoms with E-state index >= 15 is 0 Å². The highest BCUT2D eigenvalue weighted by atomic mass is 16.5. The third-order valence-electron chi connectivity index (χ3n) is 2.40. The Morgan fingerprint density at radius 2 is 2.21 bits per heavy atom. The number of nitrogens with two attached hydrogens (primary N) is 1. The highest BCUT2D eigenvalue weighted by Crippen LogP contribution is 2.18. The smallest absolute Gasteiger partial charge is 0.328 e. The number of hydrogen-bond acceptors (Lipinski definition) is 4. The summed E-state index contributed by atoms with van der Waals surface area (Å²) in [5.41, 5.74) is 5.48. The molecule has 1 amide bonds. The molecule has 0 aromatic heterocycles. The summed E-state index contributed by atoms with van der Waals surface area (Å²) in [6.07, 6.45) is 1.50. The van der Waals surface area contributed by atoms with Gasteiger partial charge in [0.25, 0.3) is 0 Å². The molecule has 1 fully saturated rings. The zero-order valence-corrected chi connectivity index (χ0v) is 8.53. The quantitative estimate of drug-likeness (QED) is 0.610. The molecule has 1 heterocycles. The fourth-order valence-electron chi connectivity index (χ4n) is 1.67.